The molecule has 1 unspecified atom stereocenters. The predicted octanol–water partition coefficient (Wildman–Crippen LogP) is 2.97. The highest BCUT2D eigenvalue weighted by atomic mass is 32.2. The van der Waals surface area contributed by atoms with Crippen LogP contribution in [0.2, 0.25) is 0 Å². The minimum absolute atomic E-state index is 0.104. The van der Waals surface area contributed by atoms with Gasteiger partial charge in [-0.3, -0.25) is 14.9 Å². The molecule has 2 aliphatic heterocycles. The van der Waals surface area contributed by atoms with Gasteiger partial charge in [-0.2, -0.15) is 0 Å². The zero-order chi connectivity index (χ0) is 19.5. The van der Waals surface area contributed by atoms with Gasteiger partial charge in [0, 0.05) is 21.6 Å². The third-order valence-electron chi connectivity index (χ3n) is 6.04. The Hall–Kier alpha value is -2.80. The van der Waals surface area contributed by atoms with Crippen molar-refractivity contribution in [3.8, 4) is 0 Å². The number of benzene rings is 2. The van der Waals surface area contributed by atoms with E-state index in [2.05, 4.69) is 22.8 Å². The fraction of sp³-hybridized carbons (Fsp3) is 0.286. The first kappa shape index (κ1) is 17.3. The van der Waals surface area contributed by atoms with Crippen molar-refractivity contribution >= 4 is 29.7 Å². The van der Waals surface area contributed by atoms with E-state index in [0.29, 0.717) is 12.8 Å². The molecule has 1 saturated carbocycles. The van der Waals surface area contributed by atoms with Gasteiger partial charge in [-0.25, -0.2) is 4.79 Å². The largest absolute Gasteiger partial charge is 0.481 e. The van der Waals surface area contributed by atoms with E-state index in [4.69, 9.17) is 0 Å². The molecule has 142 valence electrons. The number of rotatable bonds is 4. The Bertz CT molecular complexity index is 977. The molecule has 1 saturated heterocycles. The number of aliphatic carboxylic acids is 1. The highest BCUT2D eigenvalue weighted by Crippen LogP contribution is 2.54. The number of nitrogens with one attached hydrogen (secondary N) is 2. The summed E-state index contributed by atoms with van der Waals surface area (Å²) in [4.78, 5) is 38.6. The standard InChI is InChI=1S/C21H18N2O4S/c24-18(25)13-9-15(13)21(19(26)22-20(27)23-21)10-14-11-5-1-3-7-16(11)28-17-8-4-2-6-12(14)17/h1-8,13-15H,9-10H2,(H,24,25)(H2,22,23,26,27)/t13-,15-,21?/m0/s1. The molecule has 7 heteroatoms. The Morgan fingerprint density at radius 3 is 2.18 bits per heavy atom. The zero-order valence-electron chi connectivity index (χ0n) is 14.8. The minimum Gasteiger partial charge on any atom is -0.481 e. The summed E-state index contributed by atoms with van der Waals surface area (Å²) < 4.78 is 0. The van der Waals surface area contributed by atoms with Crippen molar-refractivity contribution in [1.29, 1.82) is 0 Å². The van der Waals surface area contributed by atoms with Crippen molar-refractivity contribution in [2.75, 3.05) is 0 Å². The first-order valence-corrected chi connectivity index (χ1v) is 10.0. The highest BCUT2D eigenvalue weighted by Gasteiger charge is 2.63. The third kappa shape index (κ3) is 2.53. The van der Waals surface area contributed by atoms with E-state index in [9.17, 15) is 19.5 Å². The van der Waals surface area contributed by atoms with E-state index in [-0.39, 0.29) is 5.92 Å². The fourth-order valence-electron chi connectivity index (χ4n) is 4.62. The number of urea groups is 1. The Morgan fingerprint density at radius 2 is 1.68 bits per heavy atom. The van der Waals surface area contributed by atoms with Gasteiger partial charge in [0.05, 0.1) is 5.92 Å². The molecule has 0 bridgehead atoms. The number of amides is 3. The van der Waals surface area contributed by atoms with Crippen LogP contribution in [0, 0.1) is 11.8 Å². The van der Waals surface area contributed by atoms with Gasteiger partial charge in [0.1, 0.15) is 5.54 Å². The van der Waals surface area contributed by atoms with Crippen molar-refractivity contribution in [3.05, 3.63) is 59.7 Å². The van der Waals surface area contributed by atoms with E-state index in [1.165, 1.54) is 0 Å². The van der Waals surface area contributed by atoms with Gasteiger partial charge in [-0.05, 0) is 36.1 Å². The van der Waals surface area contributed by atoms with Crippen molar-refractivity contribution < 1.29 is 19.5 Å². The first-order chi connectivity index (χ1) is 13.5. The maximum absolute atomic E-state index is 12.9. The normalized spacial score (nSPS) is 28.1. The van der Waals surface area contributed by atoms with Gasteiger partial charge >= 0.3 is 12.0 Å². The smallest absolute Gasteiger partial charge is 0.322 e. The molecular weight excluding hydrogens is 376 g/mol. The van der Waals surface area contributed by atoms with E-state index < -0.39 is 35.3 Å². The molecule has 1 aliphatic carbocycles. The van der Waals surface area contributed by atoms with E-state index in [1.54, 1.807) is 11.8 Å². The van der Waals surface area contributed by atoms with Crippen LogP contribution in [0.3, 0.4) is 0 Å². The number of fused-ring (bicyclic) bond motifs is 2. The molecule has 2 aromatic carbocycles. The zero-order valence-corrected chi connectivity index (χ0v) is 15.7. The van der Waals surface area contributed by atoms with E-state index in [1.807, 2.05) is 36.4 Å². The minimum atomic E-state index is -1.20. The van der Waals surface area contributed by atoms with Crippen LogP contribution in [0.4, 0.5) is 4.79 Å². The molecule has 3 aliphatic rings. The molecular formula is C21H18N2O4S. The summed E-state index contributed by atoms with van der Waals surface area (Å²) >= 11 is 1.69. The van der Waals surface area contributed by atoms with Crippen LogP contribution in [0.15, 0.2) is 58.3 Å². The lowest BCUT2D eigenvalue weighted by atomic mass is 9.76. The lowest BCUT2D eigenvalue weighted by Crippen LogP contribution is -2.51. The SMILES string of the molecule is O=C1NC(=O)C(CC2c3ccccc3Sc3ccccc32)([C@H]2C[C@@H]2C(=O)O)N1. The maximum Gasteiger partial charge on any atom is 0.322 e. The summed E-state index contributed by atoms with van der Waals surface area (Å²) in [5.74, 6) is -2.44. The molecule has 0 radical (unpaired) electrons. The fourth-order valence-corrected chi connectivity index (χ4v) is 5.81. The van der Waals surface area contributed by atoms with E-state index >= 15 is 0 Å². The summed E-state index contributed by atoms with van der Waals surface area (Å²) in [6, 6.07) is 15.6. The lowest BCUT2D eigenvalue weighted by Gasteiger charge is -2.35. The third-order valence-corrected chi connectivity index (χ3v) is 7.23. The molecule has 0 spiro atoms. The van der Waals surface area contributed by atoms with Crippen LogP contribution in [0.1, 0.15) is 29.9 Å². The number of carbonyl (C=O) groups is 3. The second kappa shape index (κ2) is 6.10. The molecule has 28 heavy (non-hydrogen) atoms. The quantitative estimate of drug-likeness (QED) is 0.693. The predicted molar refractivity (Wildman–Crippen MR) is 102 cm³/mol. The maximum atomic E-state index is 12.9. The molecule has 6 nitrogen and oxygen atoms in total. The summed E-state index contributed by atoms with van der Waals surface area (Å²) in [7, 11) is 0. The second-order valence-electron chi connectivity index (χ2n) is 7.60. The summed E-state index contributed by atoms with van der Waals surface area (Å²) in [6.07, 6.45) is 0.738. The number of hydrogen-bond donors (Lipinski definition) is 3. The number of imide groups is 1. The molecule has 2 fully saturated rings. The van der Waals surface area contributed by atoms with Crippen molar-refractivity contribution in [3.63, 3.8) is 0 Å². The van der Waals surface area contributed by atoms with Crippen molar-refractivity contribution in [2.45, 2.75) is 34.1 Å². The first-order valence-electron chi connectivity index (χ1n) is 9.22. The van der Waals surface area contributed by atoms with Crippen LogP contribution in [-0.2, 0) is 9.59 Å². The summed E-state index contributed by atoms with van der Waals surface area (Å²) in [5.41, 5.74) is 1.01. The monoisotopic (exact) mass is 394 g/mol. The number of carboxylic acid groups (broad SMARTS) is 1. The number of hydrogen-bond acceptors (Lipinski definition) is 4. The van der Waals surface area contributed by atoms with Gasteiger partial charge in [0.25, 0.3) is 5.91 Å². The molecule has 3 amide bonds. The van der Waals surface area contributed by atoms with Crippen LogP contribution < -0.4 is 10.6 Å². The van der Waals surface area contributed by atoms with Crippen molar-refractivity contribution in [2.24, 2.45) is 11.8 Å². The summed E-state index contributed by atoms with van der Waals surface area (Å²) in [6.45, 7) is 0. The van der Waals surface area contributed by atoms with Crippen LogP contribution in [0.25, 0.3) is 0 Å². The molecule has 2 heterocycles. The van der Waals surface area contributed by atoms with Gasteiger partial charge < -0.3 is 10.4 Å². The Balaban J connectivity index is 1.60. The number of carboxylic acids is 1. The highest BCUT2D eigenvalue weighted by molar-refractivity contribution is 7.99. The van der Waals surface area contributed by atoms with Gasteiger partial charge in [0.2, 0.25) is 0 Å². The molecule has 5 rings (SSSR count). The van der Waals surface area contributed by atoms with Crippen LogP contribution >= 0.6 is 11.8 Å². The molecule has 2 aromatic rings. The average Bonchev–Trinajstić information content (AvgIpc) is 3.43. The van der Waals surface area contributed by atoms with Crippen LogP contribution in [-0.4, -0.2) is 28.6 Å². The average molecular weight is 394 g/mol. The number of carbonyl (C=O) groups excluding carboxylic acids is 2. The Kier molecular flexibility index (Phi) is 3.77. The molecule has 3 atom stereocenters. The van der Waals surface area contributed by atoms with Gasteiger partial charge in [0.15, 0.2) is 0 Å². The molecule has 3 N–H and O–H groups in total. The van der Waals surface area contributed by atoms with E-state index in [0.717, 1.165) is 20.9 Å². The van der Waals surface area contributed by atoms with Crippen LogP contribution in [0.5, 0.6) is 0 Å². The topological polar surface area (TPSA) is 95.5 Å². The Labute approximate surface area is 165 Å². The summed E-state index contributed by atoms with van der Waals surface area (Å²) in [5, 5.41) is 14.6. The lowest BCUT2D eigenvalue weighted by molar-refractivity contribution is -0.139. The Morgan fingerprint density at radius 1 is 1.07 bits per heavy atom. The van der Waals surface area contributed by atoms with Crippen molar-refractivity contribution in [1.82, 2.24) is 10.6 Å². The molecule has 0 aromatic heterocycles. The second-order valence-corrected chi connectivity index (χ2v) is 8.68. The van der Waals surface area contributed by atoms with Gasteiger partial charge in [-0.1, -0.05) is 48.2 Å². The van der Waals surface area contributed by atoms with Gasteiger partial charge in [-0.15, -0.1) is 0 Å².